The number of benzene rings is 8. The molecular weight excluding hydrogens is 633 g/mol. The molecule has 0 aliphatic carbocycles. The minimum Gasteiger partial charge on any atom is -0.311 e. The summed E-state index contributed by atoms with van der Waals surface area (Å²) in [7, 11) is -2.70. The second kappa shape index (κ2) is 13.1. The monoisotopic (exact) mass is 668 g/mol. The molecule has 0 fully saturated rings. The van der Waals surface area contributed by atoms with Crippen LogP contribution in [0.25, 0.3) is 11.1 Å². The quantitative estimate of drug-likeness (QED) is 0.149. The van der Waals surface area contributed by atoms with Crippen molar-refractivity contribution in [2.24, 2.45) is 0 Å². The highest BCUT2D eigenvalue weighted by Gasteiger charge is 2.48. The van der Waals surface area contributed by atoms with Gasteiger partial charge in [0.1, 0.15) is 0 Å². The van der Waals surface area contributed by atoms with Crippen LogP contribution >= 0.6 is 0 Å². The Balaban J connectivity index is 1.22. The standard InChI is InChI=1S/C48H36N2Si/c1-5-17-37(18-6-1)49(38-19-7-2-8-20-38)41-29-33-43(34-30-41)51(47-27-15-13-25-45(47)46-26-14-16-28-48(46)51)44-35-31-42(32-36-44)50(39-21-9-3-10-22-39)40-23-11-4-12-24-40/h1-36H. The molecule has 51 heavy (non-hydrogen) atoms. The molecular formula is C48H36N2Si. The van der Waals surface area contributed by atoms with Gasteiger partial charge < -0.3 is 9.80 Å². The maximum Gasteiger partial charge on any atom is 0.180 e. The first-order valence-electron chi connectivity index (χ1n) is 17.5. The van der Waals surface area contributed by atoms with Gasteiger partial charge in [-0.05, 0) is 105 Å². The van der Waals surface area contributed by atoms with Gasteiger partial charge in [0.05, 0.1) is 0 Å². The van der Waals surface area contributed by atoms with Gasteiger partial charge >= 0.3 is 0 Å². The van der Waals surface area contributed by atoms with Crippen molar-refractivity contribution in [3.63, 3.8) is 0 Å². The second-order valence-electron chi connectivity index (χ2n) is 12.9. The first-order valence-corrected chi connectivity index (χ1v) is 19.5. The average Bonchev–Trinajstić information content (AvgIpc) is 3.51. The van der Waals surface area contributed by atoms with Gasteiger partial charge in [-0.15, -0.1) is 0 Å². The number of hydrogen-bond acceptors (Lipinski definition) is 2. The average molecular weight is 669 g/mol. The van der Waals surface area contributed by atoms with E-state index in [1.54, 1.807) is 0 Å². The zero-order valence-corrected chi connectivity index (χ0v) is 29.2. The molecule has 1 heterocycles. The van der Waals surface area contributed by atoms with E-state index in [4.69, 9.17) is 0 Å². The molecule has 2 nitrogen and oxygen atoms in total. The van der Waals surface area contributed by atoms with Crippen LogP contribution < -0.4 is 30.5 Å². The van der Waals surface area contributed by atoms with Crippen molar-refractivity contribution in [3.8, 4) is 11.1 Å². The fourth-order valence-electron chi connectivity index (χ4n) is 7.95. The normalized spacial score (nSPS) is 12.5. The van der Waals surface area contributed by atoms with E-state index in [-0.39, 0.29) is 0 Å². The van der Waals surface area contributed by atoms with Crippen LogP contribution in [0.4, 0.5) is 34.1 Å². The highest BCUT2D eigenvalue weighted by molar-refractivity contribution is 7.22. The van der Waals surface area contributed by atoms with Gasteiger partial charge in [0, 0.05) is 34.1 Å². The van der Waals surface area contributed by atoms with E-state index in [1.807, 2.05) is 0 Å². The van der Waals surface area contributed by atoms with Gasteiger partial charge in [0.15, 0.2) is 8.07 Å². The number of anilines is 6. The Hall–Kier alpha value is -6.42. The summed E-state index contributed by atoms with van der Waals surface area (Å²) in [4.78, 5) is 4.68. The van der Waals surface area contributed by atoms with Crippen molar-refractivity contribution in [2.75, 3.05) is 9.80 Å². The Morgan fingerprint density at radius 2 is 0.490 bits per heavy atom. The zero-order valence-electron chi connectivity index (χ0n) is 28.2. The van der Waals surface area contributed by atoms with E-state index in [9.17, 15) is 0 Å². The van der Waals surface area contributed by atoms with Gasteiger partial charge in [-0.3, -0.25) is 0 Å². The van der Waals surface area contributed by atoms with Gasteiger partial charge in [-0.25, -0.2) is 0 Å². The second-order valence-corrected chi connectivity index (χ2v) is 16.7. The molecule has 0 saturated carbocycles. The third kappa shape index (κ3) is 5.27. The lowest BCUT2D eigenvalue weighted by Crippen LogP contribution is -2.72. The molecule has 0 N–H and O–H groups in total. The van der Waals surface area contributed by atoms with E-state index in [0.717, 1.165) is 34.1 Å². The van der Waals surface area contributed by atoms with E-state index in [0.29, 0.717) is 0 Å². The molecule has 8 aromatic rings. The van der Waals surface area contributed by atoms with Crippen molar-refractivity contribution in [2.45, 2.75) is 0 Å². The van der Waals surface area contributed by atoms with Crippen LogP contribution in [-0.4, -0.2) is 8.07 Å². The molecule has 3 heteroatoms. The lowest BCUT2D eigenvalue weighted by Gasteiger charge is -2.33. The summed E-state index contributed by atoms with van der Waals surface area (Å²) in [6.07, 6.45) is 0. The van der Waals surface area contributed by atoms with Crippen LogP contribution in [-0.2, 0) is 0 Å². The van der Waals surface area contributed by atoms with Crippen molar-refractivity contribution in [1.29, 1.82) is 0 Å². The van der Waals surface area contributed by atoms with Crippen LogP contribution in [0.3, 0.4) is 0 Å². The summed E-state index contributed by atoms with van der Waals surface area (Å²) in [6.45, 7) is 0. The zero-order chi connectivity index (χ0) is 34.0. The summed E-state index contributed by atoms with van der Waals surface area (Å²) >= 11 is 0. The maximum absolute atomic E-state index is 2.70. The summed E-state index contributed by atoms with van der Waals surface area (Å²) in [5.41, 5.74) is 9.51. The van der Waals surface area contributed by atoms with Crippen molar-refractivity contribution in [3.05, 3.63) is 218 Å². The molecule has 242 valence electrons. The van der Waals surface area contributed by atoms with Gasteiger partial charge in [0.25, 0.3) is 0 Å². The predicted octanol–water partition coefficient (Wildman–Crippen LogP) is 9.98. The third-order valence-electron chi connectivity index (χ3n) is 10.1. The fourth-order valence-corrected chi connectivity index (χ4v) is 13.1. The van der Waals surface area contributed by atoms with Crippen molar-refractivity contribution >= 4 is 62.9 Å². The third-order valence-corrected chi connectivity index (χ3v) is 15.0. The SMILES string of the molecule is c1ccc(N(c2ccccc2)c2ccc([Si]3(c4ccc(N(c5ccccc5)c5ccccc5)cc4)c4ccccc4-c4ccccc43)cc2)cc1. The molecule has 9 rings (SSSR count). The Labute approximate surface area is 301 Å². The van der Waals surface area contributed by atoms with Crippen LogP contribution in [0, 0.1) is 0 Å². The molecule has 8 aromatic carbocycles. The molecule has 1 aliphatic heterocycles. The first-order chi connectivity index (χ1) is 25.3. The number of para-hydroxylation sites is 4. The van der Waals surface area contributed by atoms with Crippen LogP contribution in [0.15, 0.2) is 218 Å². The predicted molar refractivity (Wildman–Crippen MR) is 218 cm³/mol. The van der Waals surface area contributed by atoms with E-state index < -0.39 is 8.07 Å². The lowest BCUT2D eigenvalue weighted by molar-refractivity contribution is 1.28. The van der Waals surface area contributed by atoms with E-state index in [2.05, 4.69) is 228 Å². The summed E-state index contributed by atoms with van der Waals surface area (Å²) in [5, 5.41) is 5.64. The van der Waals surface area contributed by atoms with Gasteiger partial charge in [0.2, 0.25) is 0 Å². The smallest absolute Gasteiger partial charge is 0.180 e. The summed E-state index contributed by atoms with van der Waals surface area (Å²) in [5.74, 6) is 0. The highest BCUT2D eigenvalue weighted by Crippen LogP contribution is 2.36. The molecule has 0 amide bonds. The van der Waals surface area contributed by atoms with Gasteiger partial charge in [-0.2, -0.15) is 0 Å². The topological polar surface area (TPSA) is 6.48 Å². The maximum atomic E-state index is 2.40. The van der Waals surface area contributed by atoms with E-state index >= 15 is 0 Å². The van der Waals surface area contributed by atoms with Crippen molar-refractivity contribution in [1.82, 2.24) is 0 Å². The van der Waals surface area contributed by atoms with E-state index in [1.165, 1.54) is 31.9 Å². The fraction of sp³-hybridized carbons (Fsp3) is 0. The van der Waals surface area contributed by atoms with Crippen LogP contribution in [0.1, 0.15) is 0 Å². The minimum absolute atomic E-state index is 1.14. The molecule has 0 bridgehead atoms. The minimum atomic E-state index is -2.70. The first kappa shape index (κ1) is 30.6. The molecule has 0 aromatic heterocycles. The number of hydrogen-bond donors (Lipinski definition) is 0. The Morgan fingerprint density at radius 1 is 0.235 bits per heavy atom. The summed E-state index contributed by atoms with van der Waals surface area (Å²) in [6, 6.07) is 79.6. The molecule has 0 atom stereocenters. The van der Waals surface area contributed by atoms with Crippen molar-refractivity contribution < 1.29 is 0 Å². The number of nitrogens with zero attached hydrogens (tertiary/aromatic N) is 2. The van der Waals surface area contributed by atoms with Crippen LogP contribution in [0.2, 0.25) is 0 Å². The lowest BCUT2D eigenvalue weighted by atomic mass is 10.1. The molecule has 0 radical (unpaired) electrons. The molecule has 0 spiro atoms. The number of fused-ring (bicyclic) bond motifs is 3. The summed E-state index contributed by atoms with van der Waals surface area (Å²) < 4.78 is 0. The highest BCUT2D eigenvalue weighted by atomic mass is 28.3. The Kier molecular flexibility index (Phi) is 7.88. The number of rotatable bonds is 8. The largest absolute Gasteiger partial charge is 0.311 e. The molecule has 0 saturated heterocycles. The van der Waals surface area contributed by atoms with Crippen LogP contribution in [0.5, 0.6) is 0 Å². The van der Waals surface area contributed by atoms with Gasteiger partial charge in [-0.1, -0.05) is 146 Å². The Morgan fingerprint density at radius 3 is 0.804 bits per heavy atom. The Bertz CT molecular complexity index is 2140. The molecule has 0 unspecified atom stereocenters. The molecule has 1 aliphatic rings.